The highest BCUT2D eigenvalue weighted by Crippen LogP contribution is 2.62. The molecule has 51 heavy (non-hydrogen) atoms. The first-order valence-corrected chi connectivity index (χ1v) is 17.1. The van der Waals surface area contributed by atoms with E-state index in [1.165, 1.54) is 0 Å². The van der Waals surface area contributed by atoms with Crippen molar-refractivity contribution in [2.45, 2.75) is 19.4 Å². The third kappa shape index (κ3) is 4.89. The molecule has 2 aliphatic heterocycles. The van der Waals surface area contributed by atoms with Gasteiger partial charge in [0.25, 0.3) is 0 Å². The van der Waals surface area contributed by atoms with E-state index in [-0.39, 0.29) is 5.97 Å². The standard InChI is InChI=1S/C46H34N2O3/c1-31-15-13-21-35(29-31)47(33-17-5-3-6-18-33)40-27-28-42-43(44(40)48(34-19-7-4-8-20-34)36-22-14-16-32(2)30-36)46(39-25-11-12-26-41(39)50-42)38-24-10-9-23-37(38)45(49)51-46/h3-30H,1-2H3. The number of hydrogen-bond donors (Lipinski definition) is 0. The number of carbonyl (C=O) groups is 1. The van der Waals surface area contributed by atoms with Crippen molar-refractivity contribution in [1.29, 1.82) is 0 Å². The van der Waals surface area contributed by atoms with Crippen molar-refractivity contribution in [2.24, 2.45) is 0 Å². The first-order chi connectivity index (χ1) is 25.0. The molecule has 0 amide bonds. The van der Waals surface area contributed by atoms with E-state index in [1.807, 2.05) is 66.7 Å². The Morgan fingerprint density at radius 2 is 1.04 bits per heavy atom. The van der Waals surface area contributed by atoms with Crippen molar-refractivity contribution >= 4 is 40.1 Å². The van der Waals surface area contributed by atoms with Crippen molar-refractivity contribution in [3.05, 3.63) is 203 Å². The van der Waals surface area contributed by atoms with Gasteiger partial charge in [0.15, 0.2) is 5.60 Å². The maximum absolute atomic E-state index is 14.0. The summed E-state index contributed by atoms with van der Waals surface area (Å²) in [5, 5.41) is 0. The molecule has 0 aromatic heterocycles. The van der Waals surface area contributed by atoms with Crippen LogP contribution in [-0.4, -0.2) is 5.97 Å². The number of rotatable bonds is 6. The van der Waals surface area contributed by atoms with E-state index in [0.717, 1.165) is 61.9 Å². The van der Waals surface area contributed by atoms with E-state index in [9.17, 15) is 4.79 Å². The Kier molecular flexibility index (Phi) is 7.21. The first kappa shape index (κ1) is 30.5. The van der Waals surface area contributed by atoms with Crippen LogP contribution in [0.3, 0.4) is 0 Å². The molecule has 246 valence electrons. The Labute approximate surface area is 297 Å². The number of benzene rings is 7. The van der Waals surface area contributed by atoms with Gasteiger partial charge in [0.05, 0.1) is 22.5 Å². The summed E-state index contributed by atoms with van der Waals surface area (Å²) in [5.74, 6) is 0.890. The van der Waals surface area contributed by atoms with Gasteiger partial charge in [-0.25, -0.2) is 4.79 Å². The normalized spacial score (nSPS) is 15.3. The van der Waals surface area contributed by atoms with Gasteiger partial charge in [-0.1, -0.05) is 97.1 Å². The number of anilines is 6. The number of aryl methyl sites for hydroxylation is 2. The highest BCUT2D eigenvalue weighted by Gasteiger charge is 2.56. The summed E-state index contributed by atoms with van der Waals surface area (Å²) in [7, 11) is 0. The van der Waals surface area contributed by atoms with Crippen molar-refractivity contribution in [1.82, 2.24) is 0 Å². The summed E-state index contributed by atoms with van der Waals surface area (Å²) in [6.45, 7) is 4.21. The second-order valence-electron chi connectivity index (χ2n) is 13.0. The lowest BCUT2D eigenvalue weighted by Crippen LogP contribution is -2.35. The predicted octanol–water partition coefficient (Wildman–Crippen LogP) is 11.8. The molecule has 5 nitrogen and oxygen atoms in total. The van der Waals surface area contributed by atoms with Crippen molar-refractivity contribution in [3.63, 3.8) is 0 Å². The Morgan fingerprint density at radius 1 is 0.490 bits per heavy atom. The maximum Gasteiger partial charge on any atom is 0.340 e. The van der Waals surface area contributed by atoms with E-state index < -0.39 is 5.60 Å². The fourth-order valence-electron chi connectivity index (χ4n) is 7.62. The average Bonchev–Trinajstić information content (AvgIpc) is 3.45. The van der Waals surface area contributed by atoms with Crippen LogP contribution in [0.4, 0.5) is 34.1 Å². The van der Waals surface area contributed by atoms with Gasteiger partial charge in [-0.3, -0.25) is 0 Å². The molecule has 0 saturated heterocycles. The SMILES string of the molecule is Cc1cccc(N(c2ccccc2)c2ccc3c(c2N(c2ccccc2)c2cccc(C)c2)C2(OC(=O)c4ccccc42)c2ccccc2O3)c1. The Morgan fingerprint density at radius 3 is 1.71 bits per heavy atom. The summed E-state index contributed by atoms with van der Waals surface area (Å²) < 4.78 is 13.6. The van der Waals surface area contributed by atoms with E-state index in [2.05, 4.69) is 127 Å². The fraction of sp³-hybridized carbons (Fsp3) is 0.0652. The molecule has 9 rings (SSSR count). The third-order valence-corrected chi connectivity index (χ3v) is 9.74. The summed E-state index contributed by atoms with van der Waals surface area (Å²) >= 11 is 0. The zero-order valence-corrected chi connectivity index (χ0v) is 28.3. The zero-order valence-electron chi connectivity index (χ0n) is 28.3. The van der Waals surface area contributed by atoms with Gasteiger partial charge in [0.2, 0.25) is 0 Å². The zero-order chi connectivity index (χ0) is 34.5. The number of fused-ring (bicyclic) bond motifs is 6. The molecular weight excluding hydrogens is 629 g/mol. The minimum atomic E-state index is -1.31. The molecule has 0 bridgehead atoms. The van der Waals surface area contributed by atoms with Gasteiger partial charge in [-0.15, -0.1) is 0 Å². The van der Waals surface area contributed by atoms with E-state index in [0.29, 0.717) is 17.1 Å². The fourth-order valence-corrected chi connectivity index (χ4v) is 7.62. The van der Waals surface area contributed by atoms with Crippen LogP contribution in [0.2, 0.25) is 0 Å². The molecule has 2 heterocycles. The number of hydrogen-bond acceptors (Lipinski definition) is 5. The third-order valence-electron chi connectivity index (χ3n) is 9.74. The monoisotopic (exact) mass is 662 g/mol. The largest absolute Gasteiger partial charge is 0.456 e. The molecule has 0 fully saturated rings. The lowest BCUT2D eigenvalue weighted by Gasteiger charge is -2.42. The van der Waals surface area contributed by atoms with Crippen LogP contribution in [-0.2, 0) is 10.3 Å². The summed E-state index contributed by atoms with van der Waals surface area (Å²) in [4.78, 5) is 18.6. The smallest absolute Gasteiger partial charge is 0.340 e. The topological polar surface area (TPSA) is 42.0 Å². The Balaban J connectivity index is 1.48. The predicted molar refractivity (Wildman–Crippen MR) is 204 cm³/mol. The molecular formula is C46H34N2O3. The van der Waals surface area contributed by atoms with Crippen LogP contribution in [0.15, 0.2) is 170 Å². The van der Waals surface area contributed by atoms with Crippen molar-refractivity contribution in [2.75, 3.05) is 9.80 Å². The van der Waals surface area contributed by atoms with Gasteiger partial charge in [-0.2, -0.15) is 0 Å². The molecule has 2 aliphatic rings. The van der Waals surface area contributed by atoms with E-state index in [1.54, 1.807) is 0 Å². The van der Waals surface area contributed by atoms with Crippen LogP contribution < -0.4 is 14.5 Å². The highest BCUT2D eigenvalue weighted by molar-refractivity contribution is 6.01. The number of esters is 1. The molecule has 0 saturated carbocycles. The van der Waals surface area contributed by atoms with Crippen LogP contribution in [0, 0.1) is 13.8 Å². The van der Waals surface area contributed by atoms with Crippen LogP contribution >= 0.6 is 0 Å². The quantitative estimate of drug-likeness (QED) is 0.166. The van der Waals surface area contributed by atoms with E-state index >= 15 is 0 Å². The summed E-state index contributed by atoms with van der Waals surface area (Å²) in [6.07, 6.45) is 0. The molecule has 1 atom stereocenters. The minimum Gasteiger partial charge on any atom is -0.456 e. The minimum absolute atomic E-state index is 0.370. The highest BCUT2D eigenvalue weighted by atomic mass is 16.6. The summed E-state index contributed by atoms with van der Waals surface area (Å²) in [6, 6.07) is 57.5. The first-order valence-electron chi connectivity index (χ1n) is 17.1. The second kappa shape index (κ2) is 12.1. The van der Waals surface area contributed by atoms with Crippen LogP contribution in [0.1, 0.15) is 38.2 Å². The Hall–Kier alpha value is -6.59. The molecule has 0 aliphatic carbocycles. The lowest BCUT2D eigenvalue weighted by atomic mass is 9.76. The molecule has 5 heteroatoms. The molecule has 1 unspecified atom stereocenters. The number of carbonyl (C=O) groups excluding carboxylic acids is 1. The van der Waals surface area contributed by atoms with Gasteiger partial charge in [0, 0.05) is 33.9 Å². The van der Waals surface area contributed by atoms with Crippen molar-refractivity contribution < 1.29 is 14.3 Å². The molecule has 1 spiro atoms. The van der Waals surface area contributed by atoms with E-state index in [4.69, 9.17) is 9.47 Å². The molecule has 0 radical (unpaired) electrons. The van der Waals surface area contributed by atoms with Gasteiger partial charge >= 0.3 is 5.97 Å². The van der Waals surface area contributed by atoms with Gasteiger partial charge < -0.3 is 19.3 Å². The second-order valence-corrected chi connectivity index (χ2v) is 13.0. The Bertz CT molecular complexity index is 2440. The number of ether oxygens (including phenoxy) is 2. The van der Waals surface area contributed by atoms with Crippen LogP contribution in [0.25, 0.3) is 0 Å². The van der Waals surface area contributed by atoms with Crippen molar-refractivity contribution in [3.8, 4) is 11.5 Å². The van der Waals surface area contributed by atoms with Crippen LogP contribution in [0.5, 0.6) is 11.5 Å². The van der Waals surface area contributed by atoms with Gasteiger partial charge in [-0.05, 0) is 97.8 Å². The average molecular weight is 663 g/mol. The molecule has 0 N–H and O–H groups in total. The molecule has 7 aromatic carbocycles. The number of nitrogens with zero attached hydrogens (tertiary/aromatic N) is 2. The van der Waals surface area contributed by atoms with Gasteiger partial charge in [0.1, 0.15) is 11.5 Å². The molecule has 7 aromatic rings. The number of para-hydroxylation sites is 3. The lowest BCUT2D eigenvalue weighted by molar-refractivity contribution is 0.0226. The maximum atomic E-state index is 14.0. The summed E-state index contributed by atoms with van der Waals surface area (Å²) in [5.41, 5.74) is 9.38.